The summed E-state index contributed by atoms with van der Waals surface area (Å²) in [6.45, 7) is 4.02. The van der Waals surface area contributed by atoms with Gasteiger partial charge in [0.15, 0.2) is 0 Å². The molecule has 0 saturated heterocycles. The summed E-state index contributed by atoms with van der Waals surface area (Å²) in [7, 11) is 0. The van der Waals surface area contributed by atoms with E-state index in [4.69, 9.17) is 0 Å². The maximum atomic E-state index is 13.9. The molecule has 1 aliphatic carbocycles. The second-order valence-electron chi connectivity index (χ2n) is 6.25. The van der Waals surface area contributed by atoms with E-state index in [0.29, 0.717) is 12.8 Å². The SMILES string of the molecule is CC(C)C(O)CNC(=O)NCC1(c2c(F)cccc2F)CC1. The van der Waals surface area contributed by atoms with Crippen molar-refractivity contribution in [2.45, 2.75) is 38.2 Å². The Labute approximate surface area is 128 Å². The van der Waals surface area contributed by atoms with Gasteiger partial charge in [-0.05, 0) is 30.9 Å². The molecule has 1 aliphatic rings. The first-order chi connectivity index (χ1) is 10.4. The van der Waals surface area contributed by atoms with Crippen molar-refractivity contribution >= 4 is 6.03 Å². The molecule has 3 N–H and O–H groups in total. The van der Waals surface area contributed by atoms with Gasteiger partial charge in [-0.3, -0.25) is 0 Å². The summed E-state index contributed by atoms with van der Waals surface area (Å²) in [5.74, 6) is -1.10. The number of carbonyl (C=O) groups is 1. The number of urea groups is 1. The zero-order chi connectivity index (χ0) is 16.3. The number of nitrogens with one attached hydrogen (secondary N) is 2. The molecule has 1 saturated carbocycles. The molecule has 22 heavy (non-hydrogen) atoms. The summed E-state index contributed by atoms with van der Waals surface area (Å²) in [5.41, 5.74) is -0.596. The summed E-state index contributed by atoms with van der Waals surface area (Å²) in [6, 6.07) is 3.36. The maximum Gasteiger partial charge on any atom is 0.314 e. The Balaban J connectivity index is 1.90. The van der Waals surface area contributed by atoms with Crippen LogP contribution in [0.3, 0.4) is 0 Å². The lowest BCUT2D eigenvalue weighted by Crippen LogP contribution is -2.43. The number of carbonyl (C=O) groups excluding carboxylic acids is 1. The van der Waals surface area contributed by atoms with Gasteiger partial charge in [0.25, 0.3) is 0 Å². The molecule has 122 valence electrons. The van der Waals surface area contributed by atoms with E-state index in [1.807, 2.05) is 13.8 Å². The van der Waals surface area contributed by atoms with E-state index in [-0.39, 0.29) is 24.6 Å². The van der Waals surface area contributed by atoms with Crippen molar-refractivity contribution in [2.24, 2.45) is 5.92 Å². The predicted octanol–water partition coefficient (Wildman–Crippen LogP) is 2.31. The number of hydrogen-bond donors (Lipinski definition) is 3. The fourth-order valence-electron chi connectivity index (χ4n) is 2.42. The molecule has 1 atom stereocenters. The molecule has 0 bridgehead atoms. The molecule has 0 radical (unpaired) electrons. The van der Waals surface area contributed by atoms with Crippen molar-refractivity contribution in [3.63, 3.8) is 0 Å². The molecule has 1 aromatic rings. The lowest BCUT2D eigenvalue weighted by atomic mass is 9.94. The molecule has 2 amide bonds. The highest BCUT2D eigenvalue weighted by atomic mass is 19.1. The summed E-state index contributed by atoms with van der Waals surface area (Å²) < 4.78 is 27.7. The third-order valence-electron chi connectivity index (χ3n) is 4.18. The molecule has 0 heterocycles. The van der Waals surface area contributed by atoms with Crippen molar-refractivity contribution in [1.29, 1.82) is 0 Å². The monoisotopic (exact) mass is 312 g/mol. The topological polar surface area (TPSA) is 61.4 Å². The number of rotatable bonds is 6. The van der Waals surface area contributed by atoms with Gasteiger partial charge in [-0.2, -0.15) is 0 Å². The fourth-order valence-corrected chi connectivity index (χ4v) is 2.42. The number of halogens is 2. The predicted molar refractivity (Wildman–Crippen MR) is 79.5 cm³/mol. The van der Waals surface area contributed by atoms with Crippen LogP contribution >= 0.6 is 0 Å². The number of aliphatic hydroxyl groups excluding tert-OH is 1. The standard InChI is InChI=1S/C16H22F2N2O2/c1-10(2)13(21)8-19-15(22)20-9-16(6-7-16)14-11(17)4-3-5-12(14)18/h3-5,10,13,21H,6-9H2,1-2H3,(H2,19,20,22). The normalized spacial score (nSPS) is 17.2. The van der Waals surface area contributed by atoms with E-state index >= 15 is 0 Å². The number of hydrogen-bond acceptors (Lipinski definition) is 2. The van der Waals surface area contributed by atoms with Crippen LogP contribution in [0.5, 0.6) is 0 Å². The van der Waals surface area contributed by atoms with Crippen molar-refractivity contribution in [3.8, 4) is 0 Å². The van der Waals surface area contributed by atoms with E-state index in [1.165, 1.54) is 18.2 Å². The van der Waals surface area contributed by atoms with E-state index in [9.17, 15) is 18.7 Å². The summed E-state index contributed by atoms with van der Waals surface area (Å²) in [4.78, 5) is 11.7. The molecule has 0 aliphatic heterocycles. The second kappa shape index (κ2) is 6.60. The Hall–Kier alpha value is -1.69. The third kappa shape index (κ3) is 3.74. The quantitative estimate of drug-likeness (QED) is 0.755. The van der Waals surface area contributed by atoms with E-state index < -0.39 is 29.2 Å². The molecule has 4 nitrogen and oxygen atoms in total. The van der Waals surface area contributed by atoms with Crippen LogP contribution in [0.15, 0.2) is 18.2 Å². The summed E-state index contributed by atoms with van der Waals surface area (Å²) >= 11 is 0. The Morgan fingerprint density at radius 3 is 2.36 bits per heavy atom. The van der Waals surface area contributed by atoms with Crippen molar-refractivity contribution in [2.75, 3.05) is 13.1 Å². The summed E-state index contributed by atoms with van der Waals surface area (Å²) in [5, 5.41) is 14.8. The Bertz CT molecular complexity index is 525. The van der Waals surface area contributed by atoms with Gasteiger partial charge in [-0.25, -0.2) is 13.6 Å². The number of amides is 2. The maximum absolute atomic E-state index is 13.9. The Morgan fingerprint density at radius 2 is 1.86 bits per heavy atom. The van der Waals surface area contributed by atoms with E-state index in [2.05, 4.69) is 10.6 Å². The van der Waals surface area contributed by atoms with Crippen molar-refractivity contribution in [3.05, 3.63) is 35.4 Å². The van der Waals surface area contributed by atoms with Crippen LogP contribution in [0.2, 0.25) is 0 Å². The average molecular weight is 312 g/mol. The molecule has 1 fully saturated rings. The van der Waals surface area contributed by atoms with Crippen LogP contribution < -0.4 is 10.6 Å². The van der Waals surface area contributed by atoms with Crippen LogP contribution in [0.1, 0.15) is 32.3 Å². The van der Waals surface area contributed by atoms with E-state index in [0.717, 1.165) is 0 Å². The van der Waals surface area contributed by atoms with Crippen LogP contribution in [0.25, 0.3) is 0 Å². The van der Waals surface area contributed by atoms with Crippen molar-refractivity contribution < 1.29 is 18.7 Å². The Morgan fingerprint density at radius 1 is 1.27 bits per heavy atom. The average Bonchev–Trinajstić information content (AvgIpc) is 3.23. The smallest absolute Gasteiger partial charge is 0.314 e. The van der Waals surface area contributed by atoms with Crippen LogP contribution in [0, 0.1) is 17.6 Å². The molecular weight excluding hydrogens is 290 g/mol. The van der Waals surface area contributed by atoms with Crippen LogP contribution in [-0.2, 0) is 5.41 Å². The highest BCUT2D eigenvalue weighted by molar-refractivity contribution is 5.74. The second-order valence-corrected chi connectivity index (χ2v) is 6.25. The minimum Gasteiger partial charge on any atom is -0.391 e. The lowest BCUT2D eigenvalue weighted by Gasteiger charge is -2.19. The molecule has 0 spiro atoms. The third-order valence-corrected chi connectivity index (χ3v) is 4.18. The number of aliphatic hydroxyl groups is 1. The first kappa shape index (κ1) is 16.7. The minimum absolute atomic E-state index is 0.0441. The van der Waals surface area contributed by atoms with Gasteiger partial charge in [0.1, 0.15) is 11.6 Å². The van der Waals surface area contributed by atoms with Gasteiger partial charge in [-0.15, -0.1) is 0 Å². The van der Waals surface area contributed by atoms with Gasteiger partial charge >= 0.3 is 6.03 Å². The summed E-state index contributed by atoms with van der Waals surface area (Å²) in [6.07, 6.45) is 0.657. The van der Waals surface area contributed by atoms with Gasteiger partial charge in [0.2, 0.25) is 0 Å². The first-order valence-electron chi connectivity index (χ1n) is 7.50. The fraction of sp³-hybridized carbons (Fsp3) is 0.562. The van der Waals surface area contributed by atoms with Crippen LogP contribution in [-0.4, -0.2) is 30.3 Å². The molecule has 6 heteroatoms. The van der Waals surface area contributed by atoms with Gasteiger partial charge in [-0.1, -0.05) is 19.9 Å². The Kier molecular flexibility index (Phi) is 5.01. The molecule has 0 aromatic heterocycles. The zero-order valence-corrected chi connectivity index (χ0v) is 12.8. The van der Waals surface area contributed by atoms with E-state index in [1.54, 1.807) is 0 Å². The lowest BCUT2D eigenvalue weighted by molar-refractivity contribution is 0.125. The zero-order valence-electron chi connectivity index (χ0n) is 12.8. The highest BCUT2D eigenvalue weighted by Gasteiger charge is 2.47. The van der Waals surface area contributed by atoms with Gasteiger partial charge in [0, 0.05) is 24.1 Å². The highest BCUT2D eigenvalue weighted by Crippen LogP contribution is 2.49. The first-order valence-corrected chi connectivity index (χ1v) is 7.50. The molecule has 1 unspecified atom stereocenters. The number of benzene rings is 1. The largest absolute Gasteiger partial charge is 0.391 e. The molecule has 2 rings (SSSR count). The van der Waals surface area contributed by atoms with Gasteiger partial charge < -0.3 is 15.7 Å². The van der Waals surface area contributed by atoms with Gasteiger partial charge in [0.05, 0.1) is 6.10 Å². The van der Waals surface area contributed by atoms with Crippen molar-refractivity contribution in [1.82, 2.24) is 10.6 Å². The van der Waals surface area contributed by atoms with Crippen LogP contribution in [0.4, 0.5) is 13.6 Å². The molecule has 1 aromatic carbocycles. The molecular formula is C16H22F2N2O2. The minimum atomic E-state index is -0.649.